The summed E-state index contributed by atoms with van der Waals surface area (Å²) in [5.74, 6) is -0.885. The van der Waals surface area contributed by atoms with Crippen molar-refractivity contribution in [3.8, 4) is 0 Å². The van der Waals surface area contributed by atoms with Gasteiger partial charge in [-0.05, 0) is 55.3 Å². The second-order valence-corrected chi connectivity index (χ2v) is 7.92. The van der Waals surface area contributed by atoms with Crippen LogP contribution in [-0.2, 0) is 16.6 Å². The van der Waals surface area contributed by atoms with E-state index in [0.29, 0.717) is 17.5 Å². The number of primary amides is 1. The first-order valence-corrected chi connectivity index (χ1v) is 10.0. The Bertz CT molecular complexity index is 924. The number of rotatable bonds is 8. The Morgan fingerprint density at radius 3 is 2.33 bits per heavy atom. The zero-order valence-corrected chi connectivity index (χ0v) is 16.0. The van der Waals surface area contributed by atoms with Crippen LogP contribution in [0.1, 0.15) is 46.5 Å². The first-order chi connectivity index (χ1) is 12.7. The largest absolute Gasteiger partial charge is 0.366 e. The predicted molar refractivity (Wildman–Crippen MR) is 103 cm³/mol. The fraction of sp³-hybridized carbons (Fsp3) is 0.263. The number of benzene rings is 2. The second-order valence-electron chi connectivity index (χ2n) is 6.20. The van der Waals surface area contributed by atoms with Gasteiger partial charge in [-0.3, -0.25) is 9.59 Å². The lowest BCUT2D eigenvalue weighted by molar-refractivity contribution is 0.0950. The smallest absolute Gasteiger partial charge is 0.251 e. The van der Waals surface area contributed by atoms with E-state index in [-0.39, 0.29) is 23.4 Å². The maximum absolute atomic E-state index is 12.3. The third-order valence-electron chi connectivity index (χ3n) is 4.06. The first-order valence-electron chi connectivity index (χ1n) is 8.52. The molecule has 0 bridgehead atoms. The molecule has 0 spiro atoms. The summed E-state index contributed by atoms with van der Waals surface area (Å²) in [7, 11) is -3.61. The zero-order valence-electron chi connectivity index (χ0n) is 15.2. The molecule has 7 nitrogen and oxygen atoms in total. The van der Waals surface area contributed by atoms with Crippen LogP contribution in [-0.4, -0.2) is 26.3 Å². The number of nitrogens with two attached hydrogens (primary N) is 1. The normalized spacial score (nSPS) is 12.4. The minimum absolute atomic E-state index is 0.105. The van der Waals surface area contributed by atoms with E-state index in [4.69, 9.17) is 5.73 Å². The van der Waals surface area contributed by atoms with Crippen LogP contribution in [0.15, 0.2) is 53.4 Å². The van der Waals surface area contributed by atoms with Gasteiger partial charge in [0.15, 0.2) is 0 Å². The summed E-state index contributed by atoms with van der Waals surface area (Å²) >= 11 is 0. The highest BCUT2D eigenvalue weighted by atomic mass is 32.2. The molecule has 4 N–H and O–H groups in total. The summed E-state index contributed by atoms with van der Waals surface area (Å²) in [6.45, 7) is 3.89. The number of hydrogen-bond acceptors (Lipinski definition) is 4. The topological polar surface area (TPSA) is 118 Å². The van der Waals surface area contributed by atoms with Crippen molar-refractivity contribution < 1.29 is 18.0 Å². The second kappa shape index (κ2) is 8.79. The van der Waals surface area contributed by atoms with Crippen molar-refractivity contribution in [3.63, 3.8) is 0 Å². The van der Waals surface area contributed by atoms with E-state index in [2.05, 4.69) is 10.0 Å². The van der Waals surface area contributed by atoms with Crippen molar-refractivity contribution in [2.45, 2.75) is 37.8 Å². The summed E-state index contributed by atoms with van der Waals surface area (Å²) in [5, 5.41) is 2.72. The van der Waals surface area contributed by atoms with E-state index < -0.39 is 15.9 Å². The molecule has 27 heavy (non-hydrogen) atoms. The molecule has 2 aromatic rings. The van der Waals surface area contributed by atoms with Gasteiger partial charge in [0, 0.05) is 23.7 Å². The highest BCUT2D eigenvalue weighted by Crippen LogP contribution is 2.12. The van der Waals surface area contributed by atoms with Crippen LogP contribution in [0.25, 0.3) is 0 Å². The molecule has 0 heterocycles. The lowest BCUT2D eigenvalue weighted by Gasteiger charge is -2.12. The first kappa shape index (κ1) is 20.6. The molecule has 0 aromatic heterocycles. The molecule has 0 fully saturated rings. The zero-order chi connectivity index (χ0) is 20.0. The molecule has 2 amide bonds. The predicted octanol–water partition coefficient (Wildman–Crippen LogP) is 1.79. The van der Waals surface area contributed by atoms with Gasteiger partial charge in [-0.15, -0.1) is 0 Å². The molecule has 0 saturated carbocycles. The molecule has 1 atom stereocenters. The minimum atomic E-state index is -3.61. The van der Waals surface area contributed by atoms with Gasteiger partial charge >= 0.3 is 0 Å². The third-order valence-corrected chi connectivity index (χ3v) is 5.67. The molecule has 0 saturated heterocycles. The van der Waals surface area contributed by atoms with Gasteiger partial charge in [0.2, 0.25) is 15.9 Å². The highest BCUT2D eigenvalue weighted by molar-refractivity contribution is 7.89. The fourth-order valence-electron chi connectivity index (χ4n) is 2.32. The quantitative estimate of drug-likeness (QED) is 0.638. The SMILES string of the molecule is CCC(C)NS(=O)(=O)c1ccc(C(=O)NCc2cccc(C(N)=O)c2)cc1. The van der Waals surface area contributed by atoms with E-state index in [1.54, 1.807) is 31.2 Å². The van der Waals surface area contributed by atoms with Crippen LogP contribution in [0.2, 0.25) is 0 Å². The van der Waals surface area contributed by atoms with Gasteiger partial charge in [-0.25, -0.2) is 13.1 Å². The fourth-order valence-corrected chi connectivity index (χ4v) is 3.65. The monoisotopic (exact) mass is 389 g/mol. The molecule has 8 heteroatoms. The van der Waals surface area contributed by atoms with E-state index >= 15 is 0 Å². The maximum Gasteiger partial charge on any atom is 0.251 e. The number of amides is 2. The van der Waals surface area contributed by atoms with Crippen molar-refractivity contribution in [3.05, 3.63) is 65.2 Å². The molecule has 2 aromatic carbocycles. The molecular weight excluding hydrogens is 366 g/mol. The van der Waals surface area contributed by atoms with Crippen LogP contribution in [0.4, 0.5) is 0 Å². The average molecular weight is 389 g/mol. The van der Waals surface area contributed by atoms with Crippen molar-refractivity contribution in [1.82, 2.24) is 10.0 Å². The van der Waals surface area contributed by atoms with Crippen LogP contribution >= 0.6 is 0 Å². The van der Waals surface area contributed by atoms with Crippen LogP contribution < -0.4 is 15.8 Å². The van der Waals surface area contributed by atoms with Gasteiger partial charge < -0.3 is 11.1 Å². The highest BCUT2D eigenvalue weighted by Gasteiger charge is 2.17. The van der Waals surface area contributed by atoms with Crippen molar-refractivity contribution in [2.24, 2.45) is 5.73 Å². The maximum atomic E-state index is 12.3. The molecule has 144 valence electrons. The van der Waals surface area contributed by atoms with Gasteiger partial charge in [0.05, 0.1) is 4.90 Å². The lowest BCUT2D eigenvalue weighted by Crippen LogP contribution is -2.32. The number of carbonyl (C=O) groups excluding carboxylic acids is 2. The molecule has 1 unspecified atom stereocenters. The summed E-state index contributed by atoms with van der Waals surface area (Å²) in [6, 6.07) is 12.2. The Balaban J connectivity index is 2.03. The van der Waals surface area contributed by atoms with Gasteiger partial charge in [0.25, 0.3) is 5.91 Å². The Morgan fingerprint density at radius 2 is 1.74 bits per heavy atom. The Kier molecular flexibility index (Phi) is 6.70. The van der Waals surface area contributed by atoms with Crippen LogP contribution in [0.3, 0.4) is 0 Å². The Morgan fingerprint density at radius 1 is 1.07 bits per heavy atom. The summed E-state index contributed by atoms with van der Waals surface area (Å²) < 4.78 is 27.0. The summed E-state index contributed by atoms with van der Waals surface area (Å²) in [5.41, 5.74) is 6.67. The Labute approximate surface area is 159 Å². The lowest BCUT2D eigenvalue weighted by atomic mass is 10.1. The van der Waals surface area contributed by atoms with Crippen LogP contribution in [0.5, 0.6) is 0 Å². The third kappa shape index (κ3) is 5.63. The van der Waals surface area contributed by atoms with E-state index in [1.807, 2.05) is 6.92 Å². The number of sulfonamides is 1. The van der Waals surface area contributed by atoms with Crippen molar-refractivity contribution in [1.29, 1.82) is 0 Å². The molecule has 0 aliphatic heterocycles. The number of carbonyl (C=O) groups is 2. The van der Waals surface area contributed by atoms with Gasteiger partial charge in [-0.1, -0.05) is 19.1 Å². The molecule has 0 aliphatic rings. The number of nitrogens with one attached hydrogen (secondary N) is 2. The summed E-state index contributed by atoms with van der Waals surface area (Å²) in [4.78, 5) is 23.6. The molecule has 0 aliphatic carbocycles. The average Bonchev–Trinajstić information content (AvgIpc) is 2.66. The Hall–Kier alpha value is -2.71. The van der Waals surface area contributed by atoms with E-state index in [0.717, 1.165) is 5.56 Å². The standard InChI is InChI=1S/C19H23N3O4S/c1-3-13(2)22-27(25,26)17-9-7-15(8-10-17)19(24)21-12-14-5-4-6-16(11-14)18(20)23/h4-11,13,22H,3,12H2,1-2H3,(H2,20,23)(H,21,24). The minimum Gasteiger partial charge on any atom is -0.366 e. The summed E-state index contributed by atoms with van der Waals surface area (Å²) in [6.07, 6.45) is 0.677. The molecule has 2 rings (SSSR count). The van der Waals surface area contributed by atoms with Gasteiger partial charge in [-0.2, -0.15) is 0 Å². The van der Waals surface area contributed by atoms with Crippen LogP contribution in [0, 0.1) is 0 Å². The van der Waals surface area contributed by atoms with E-state index in [9.17, 15) is 18.0 Å². The number of hydrogen-bond donors (Lipinski definition) is 3. The molecule has 0 radical (unpaired) electrons. The van der Waals surface area contributed by atoms with Crippen molar-refractivity contribution >= 4 is 21.8 Å². The molecular formula is C19H23N3O4S. The van der Waals surface area contributed by atoms with Crippen molar-refractivity contribution in [2.75, 3.05) is 0 Å². The van der Waals surface area contributed by atoms with E-state index in [1.165, 1.54) is 24.3 Å². The van der Waals surface area contributed by atoms with Gasteiger partial charge in [0.1, 0.15) is 0 Å².